The molecule has 8 rings (SSSR count). The Morgan fingerprint density at radius 2 is 0.958 bits per heavy atom. The van der Waals surface area contributed by atoms with Crippen LogP contribution in [0.15, 0.2) is 98.1 Å². The van der Waals surface area contributed by atoms with Gasteiger partial charge in [-0.15, -0.1) is 0 Å². The third-order valence-corrected chi connectivity index (χ3v) is 8.89. The predicted octanol–water partition coefficient (Wildman–Crippen LogP) is 4.78. The molecule has 11 heteroatoms. The Morgan fingerprint density at radius 3 is 1.46 bits per heavy atom. The van der Waals surface area contributed by atoms with Gasteiger partial charge in [0, 0.05) is 88.6 Å². The Balaban J connectivity index is 0.936. The molecule has 2 aliphatic heterocycles. The molecule has 0 aliphatic carbocycles. The Morgan fingerprint density at radius 1 is 0.500 bits per heavy atom. The molecule has 6 aromatic rings. The summed E-state index contributed by atoms with van der Waals surface area (Å²) in [4.78, 5) is 73.1. The van der Waals surface area contributed by atoms with Crippen molar-refractivity contribution >= 4 is 45.2 Å². The van der Waals surface area contributed by atoms with E-state index in [4.69, 9.17) is 0 Å². The van der Waals surface area contributed by atoms with E-state index in [2.05, 4.69) is 25.3 Å². The van der Waals surface area contributed by atoms with Crippen LogP contribution in [0.4, 0.5) is 0 Å². The van der Waals surface area contributed by atoms with E-state index >= 15 is 0 Å². The Bertz CT molecular complexity index is 2130. The average Bonchev–Trinajstić information content (AvgIpc) is 3.13. The van der Waals surface area contributed by atoms with Gasteiger partial charge in [-0.05, 0) is 71.3 Å². The van der Waals surface area contributed by atoms with Crippen molar-refractivity contribution in [2.75, 3.05) is 26.2 Å². The molecule has 234 valence electrons. The number of nitrogens with one attached hydrogen (secondary N) is 1. The summed E-state index contributed by atoms with van der Waals surface area (Å²) in [6.45, 7) is 1.19. The van der Waals surface area contributed by atoms with Gasteiger partial charge in [0.05, 0.1) is 0 Å². The van der Waals surface area contributed by atoms with E-state index in [9.17, 15) is 19.2 Å². The van der Waals surface area contributed by atoms with Gasteiger partial charge in [0.25, 0.3) is 23.6 Å². The van der Waals surface area contributed by atoms with E-state index in [-0.39, 0.29) is 36.7 Å². The summed E-state index contributed by atoms with van der Waals surface area (Å²) in [6, 6.07) is 18.4. The first-order valence-electron chi connectivity index (χ1n) is 15.6. The lowest BCUT2D eigenvalue weighted by Crippen LogP contribution is -2.44. The number of hydrogen-bond donors (Lipinski definition) is 1. The largest absolute Gasteiger partial charge is 0.315 e. The highest BCUT2D eigenvalue weighted by Crippen LogP contribution is 2.35. The van der Waals surface area contributed by atoms with Crippen LogP contribution >= 0.6 is 0 Å². The van der Waals surface area contributed by atoms with Crippen molar-refractivity contribution in [1.29, 1.82) is 0 Å². The van der Waals surface area contributed by atoms with Crippen LogP contribution in [-0.2, 0) is 0 Å². The first-order valence-corrected chi connectivity index (χ1v) is 15.6. The van der Waals surface area contributed by atoms with Gasteiger partial charge in [0.1, 0.15) is 12.7 Å². The summed E-state index contributed by atoms with van der Waals surface area (Å²) in [5.74, 6) is -1.37. The Kier molecular flexibility index (Phi) is 7.22. The number of amides is 4. The monoisotopic (exact) mass is 633 g/mol. The number of hydrogen-bond acceptors (Lipinski definition) is 9. The van der Waals surface area contributed by atoms with Crippen LogP contribution < -0.4 is 5.32 Å². The number of benzene rings is 4. The second-order valence-corrected chi connectivity index (χ2v) is 11.7. The fourth-order valence-electron chi connectivity index (χ4n) is 6.63. The van der Waals surface area contributed by atoms with E-state index in [1.165, 1.54) is 22.5 Å². The molecule has 4 heterocycles. The molecular weight excluding hydrogens is 606 g/mol. The first kappa shape index (κ1) is 29.2. The van der Waals surface area contributed by atoms with Crippen molar-refractivity contribution in [3.8, 4) is 22.3 Å². The second kappa shape index (κ2) is 11.9. The first-order chi connectivity index (χ1) is 23.5. The van der Waals surface area contributed by atoms with Crippen LogP contribution in [0.25, 0.3) is 43.8 Å². The Hall–Kier alpha value is -6.20. The molecule has 0 unspecified atom stereocenters. The van der Waals surface area contributed by atoms with E-state index in [0.717, 1.165) is 33.0 Å². The van der Waals surface area contributed by atoms with Crippen LogP contribution in [0.1, 0.15) is 47.9 Å². The van der Waals surface area contributed by atoms with Crippen molar-refractivity contribution in [1.82, 2.24) is 35.1 Å². The number of carbonyl (C=O) groups is 4. The normalized spacial score (nSPS) is 14.0. The molecule has 0 saturated heterocycles. The number of imide groups is 2. The van der Waals surface area contributed by atoms with Crippen LogP contribution in [0, 0.1) is 0 Å². The minimum atomic E-state index is -0.358. The molecule has 0 fully saturated rings. The van der Waals surface area contributed by atoms with Gasteiger partial charge in [-0.25, -0.2) is 19.9 Å². The maximum Gasteiger partial charge on any atom is 0.261 e. The summed E-state index contributed by atoms with van der Waals surface area (Å²) in [5, 5.41) is 6.18. The molecule has 1 N–H and O–H groups in total. The van der Waals surface area contributed by atoms with Crippen molar-refractivity contribution in [3.63, 3.8) is 0 Å². The van der Waals surface area contributed by atoms with Gasteiger partial charge >= 0.3 is 0 Å². The molecule has 4 amide bonds. The highest BCUT2D eigenvalue weighted by molar-refractivity contribution is 6.27. The lowest BCUT2D eigenvalue weighted by atomic mass is 9.91. The summed E-state index contributed by atoms with van der Waals surface area (Å²) in [6.07, 6.45) is 10.1. The summed E-state index contributed by atoms with van der Waals surface area (Å²) >= 11 is 0. The van der Waals surface area contributed by atoms with Gasteiger partial charge < -0.3 is 5.32 Å². The summed E-state index contributed by atoms with van der Waals surface area (Å²) < 4.78 is 0. The summed E-state index contributed by atoms with van der Waals surface area (Å²) in [7, 11) is 0. The lowest BCUT2D eigenvalue weighted by molar-refractivity contribution is 0.0589. The number of rotatable bonds is 9. The lowest BCUT2D eigenvalue weighted by Gasteiger charge is -2.28. The average molecular weight is 634 g/mol. The maximum atomic E-state index is 13.7. The molecule has 0 spiro atoms. The molecule has 2 aliphatic rings. The SMILES string of the molecule is O=C1c2cccc3cc(-c4cncnc4)cc(c23)C(=O)N1CCCNCCN1C(=O)c2cccc3cc(-c4cncnc4)cc(c23)C1=O. The second-order valence-electron chi connectivity index (χ2n) is 11.7. The topological polar surface area (TPSA) is 138 Å². The number of carbonyl (C=O) groups excluding carboxylic acids is 4. The molecule has 0 atom stereocenters. The third-order valence-electron chi connectivity index (χ3n) is 8.89. The quantitative estimate of drug-likeness (QED) is 0.176. The smallest absolute Gasteiger partial charge is 0.261 e. The number of aromatic nitrogens is 4. The third kappa shape index (κ3) is 4.88. The molecule has 2 aromatic heterocycles. The van der Waals surface area contributed by atoms with Crippen molar-refractivity contribution < 1.29 is 19.2 Å². The van der Waals surface area contributed by atoms with Gasteiger partial charge in [-0.3, -0.25) is 29.0 Å². The van der Waals surface area contributed by atoms with E-state index in [0.29, 0.717) is 52.5 Å². The zero-order valence-corrected chi connectivity index (χ0v) is 25.6. The Labute approximate surface area is 274 Å². The standard InChI is InChI=1S/C37H27N7O4/c45-34-28-6-1-4-22-12-24(26-16-39-20-40-17-26)14-30(32(22)28)36(47)43(34)10-3-8-38-9-11-44-35(46)29-7-2-5-23-13-25(27-18-41-21-42-19-27)15-31(33(23)29)37(44)48/h1-2,4-7,12-21,38H,3,8-11H2. The zero-order chi connectivity index (χ0) is 32.8. The fraction of sp³-hybridized carbons (Fsp3) is 0.135. The van der Waals surface area contributed by atoms with Crippen LogP contribution in [0.5, 0.6) is 0 Å². The minimum Gasteiger partial charge on any atom is -0.315 e. The summed E-state index contributed by atoms with van der Waals surface area (Å²) in [5.41, 5.74) is 5.04. The maximum absolute atomic E-state index is 13.7. The molecule has 11 nitrogen and oxygen atoms in total. The van der Waals surface area contributed by atoms with Crippen LogP contribution in [0.3, 0.4) is 0 Å². The van der Waals surface area contributed by atoms with Gasteiger partial charge in [-0.2, -0.15) is 0 Å². The molecular formula is C37H27N7O4. The predicted molar refractivity (Wildman–Crippen MR) is 178 cm³/mol. The molecule has 4 aromatic carbocycles. The highest BCUT2D eigenvalue weighted by Gasteiger charge is 2.34. The van der Waals surface area contributed by atoms with Crippen molar-refractivity contribution in [2.24, 2.45) is 0 Å². The van der Waals surface area contributed by atoms with Gasteiger partial charge in [0.15, 0.2) is 0 Å². The molecule has 48 heavy (non-hydrogen) atoms. The minimum absolute atomic E-state index is 0.162. The van der Waals surface area contributed by atoms with Crippen LogP contribution in [0.2, 0.25) is 0 Å². The molecule has 0 radical (unpaired) electrons. The van der Waals surface area contributed by atoms with Crippen molar-refractivity contribution in [2.45, 2.75) is 6.42 Å². The highest BCUT2D eigenvalue weighted by atomic mass is 16.2. The van der Waals surface area contributed by atoms with E-state index in [1.54, 1.807) is 49.1 Å². The molecule has 0 bridgehead atoms. The van der Waals surface area contributed by atoms with E-state index in [1.807, 2.05) is 36.4 Å². The van der Waals surface area contributed by atoms with Gasteiger partial charge in [0.2, 0.25) is 0 Å². The van der Waals surface area contributed by atoms with Gasteiger partial charge in [-0.1, -0.05) is 24.3 Å². The van der Waals surface area contributed by atoms with E-state index < -0.39 is 0 Å². The van der Waals surface area contributed by atoms with Crippen molar-refractivity contribution in [3.05, 3.63) is 120 Å². The zero-order valence-electron chi connectivity index (χ0n) is 25.6. The van der Waals surface area contributed by atoms with Crippen LogP contribution in [-0.4, -0.2) is 79.5 Å². The fourth-order valence-corrected chi connectivity index (χ4v) is 6.63. The number of nitrogens with zero attached hydrogens (tertiary/aromatic N) is 6. The molecule has 0 saturated carbocycles.